The molecule has 0 saturated heterocycles. The maximum atomic E-state index is 13.7. The van der Waals surface area contributed by atoms with Crippen molar-refractivity contribution in [1.29, 1.82) is 0 Å². The van der Waals surface area contributed by atoms with Crippen molar-refractivity contribution in [3.63, 3.8) is 0 Å². The summed E-state index contributed by atoms with van der Waals surface area (Å²) in [4.78, 5) is 50.3. The van der Waals surface area contributed by atoms with Crippen LogP contribution >= 0.6 is 0 Å². The first-order valence-electron chi connectivity index (χ1n) is 11.8. The van der Waals surface area contributed by atoms with Gasteiger partial charge in [0.05, 0.1) is 25.1 Å². The minimum Gasteiger partial charge on any atom is -0.496 e. The first-order valence-corrected chi connectivity index (χ1v) is 11.8. The van der Waals surface area contributed by atoms with Crippen LogP contribution in [0.4, 0.5) is 5.69 Å². The third-order valence-corrected chi connectivity index (χ3v) is 6.87. The highest BCUT2D eigenvalue weighted by molar-refractivity contribution is 6.25. The molecule has 0 spiro atoms. The van der Waals surface area contributed by atoms with Crippen molar-refractivity contribution < 1.29 is 38.3 Å². The van der Waals surface area contributed by atoms with Gasteiger partial charge in [-0.15, -0.1) is 0 Å². The molecule has 0 aromatic heterocycles. The number of hydrogen-bond donors (Lipinski definition) is 0. The number of allylic oxidation sites excluding steroid dienone is 2. The van der Waals surface area contributed by atoms with Gasteiger partial charge in [-0.3, -0.25) is 19.7 Å². The summed E-state index contributed by atoms with van der Waals surface area (Å²) in [5.41, 5.74) is 1.19. The third kappa shape index (κ3) is 4.13. The van der Waals surface area contributed by atoms with Crippen molar-refractivity contribution in [3.8, 4) is 11.5 Å². The number of methoxy groups -OCH3 is 2. The predicted molar refractivity (Wildman–Crippen MR) is 134 cm³/mol. The molecule has 2 aliphatic rings. The van der Waals surface area contributed by atoms with Crippen LogP contribution in [0.2, 0.25) is 0 Å². The number of nitro groups is 1. The highest BCUT2D eigenvalue weighted by atomic mass is 16.6. The molecule has 1 heterocycles. The lowest BCUT2D eigenvalue weighted by molar-refractivity contribution is -0.384. The summed E-state index contributed by atoms with van der Waals surface area (Å²) < 4.78 is 22.0. The van der Waals surface area contributed by atoms with Gasteiger partial charge in [-0.2, -0.15) is 0 Å². The Labute approximate surface area is 216 Å². The maximum Gasteiger partial charge on any atom is 0.347 e. The van der Waals surface area contributed by atoms with Gasteiger partial charge in [0.2, 0.25) is 0 Å². The SMILES string of the molecule is COc1ccc(OC)c2cc3c(cc12)C(=O)C1=C(C)O[C@@H](C(=O)OCc2ccc([N+](=O)[O-])cc2)C[C@H]1C3=O. The van der Waals surface area contributed by atoms with Crippen LogP contribution in [-0.2, 0) is 20.9 Å². The van der Waals surface area contributed by atoms with Gasteiger partial charge in [-0.05, 0) is 48.9 Å². The van der Waals surface area contributed by atoms with E-state index in [1.807, 2.05) is 0 Å². The van der Waals surface area contributed by atoms with Gasteiger partial charge in [-0.25, -0.2) is 4.79 Å². The number of carbonyl (C=O) groups is 3. The zero-order valence-corrected chi connectivity index (χ0v) is 20.8. The largest absolute Gasteiger partial charge is 0.496 e. The van der Waals surface area contributed by atoms with Crippen molar-refractivity contribution in [2.24, 2.45) is 5.92 Å². The lowest BCUT2D eigenvalue weighted by Gasteiger charge is -2.34. The molecule has 194 valence electrons. The van der Waals surface area contributed by atoms with Crippen molar-refractivity contribution in [1.82, 2.24) is 0 Å². The van der Waals surface area contributed by atoms with Gasteiger partial charge in [0.25, 0.3) is 5.69 Å². The number of non-ortho nitro benzene ring substituents is 1. The quantitative estimate of drug-likeness (QED) is 0.262. The molecule has 0 radical (unpaired) electrons. The zero-order valence-electron chi connectivity index (χ0n) is 20.8. The van der Waals surface area contributed by atoms with Gasteiger partial charge in [0, 0.05) is 46.0 Å². The van der Waals surface area contributed by atoms with E-state index in [1.54, 1.807) is 31.2 Å². The number of fused-ring (bicyclic) bond motifs is 3. The molecule has 1 aliphatic carbocycles. The van der Waals surface area contributed by atoms with Crippen LogP contribution in [0.3, 0.4) is 0 Å². The molecule has 0 fully saturated rings. The van der Waals surface area contributed by atoms with Crippen LogP contribution < -0.4 is 9.47 Å². The highest BCUT2D eigenvalue weighted by Crippen LogP contribution is 2.43. The number of nitro benzene ring substituents is 1. The van der Waals surface area contributed by atoms with Gasteiger partial charge >= 0.3 is 5.97 Å². The summed E-state index contributed by atoms with van der Waals surface area (Å²) in [6, 6.07) is 12.3. The van der Waals surface area contributed by atoms with Crippen LogP contribution in [0.5, 0.6) is 11.5 Å². The van der Waals surface area contributed by atoms with Gasteiger partial charge < -0.3 is 18.9 Å². The molecule has 10 nitrogen and oxygen atoms in total. The lowest BCUT2D eigenvalue weighted by Crippen LogP contribution is -2.40. The van der Waals surface area contributed by atoms with Crippen molar-refractivity contribution >= 4 is 34.0 Å². The fraction of sp³-hybridized carbons (Fsp3) is 0.250. The molecule has 3 aromatic rings. The summed E-state index contributed by atoms with van der Waals surface area (Å²) in [6.07, 6.45) is -1.14. The number of esters is 1. The fourth-order valence-electron chi connectivity index (χ4n) is 4.98. The summed E-state index contributed by atoms with van der Waals surface area (Å²) >= 11 is 0. The fourth-order valence-corrected chi connectivity index (χ4v) is 4.98. The lowest BCUT2D eigenvalue weighted by atomic mass is 9.73. The highest BCUT2D eigenvalue weighted by Gasteiger charge is 2.45. The average molecular weight is 517 g/mol. The van der Waals surface area contributed by atoms with E-state index < -0.39 is 22.9 Å². The summed E-state index contributed by atoms with van der Waals surface area (Å²) in [7, 11) is 3.04. The Balaban J connectivity index is 1.42. The van der Waals surface area contributed by atoms with E-state index in [9.17, 15) is 24.5 Å². The van der Waals surface area contributed by atoms with Crippen LogP contribution in [0.1, 0.15) is 39.6 Å². The molecule has 0 bridgehead atoms. The Morgan fingerprint density at radius 3 is 2.18 bits per heavy atom. The molecule has 5 rings (SSSR count). The second kappa shape index (κ2) is 9.62. The minimum atomic E-state index is -1.09. The van der Waals surface area contributed by atoms with Crippen LogP contribution in [-0.4, -0.2) is 42.8 Å². The van der Waals surface area contributed by atoms with Crippen LogP contribution in [0.25, 0.3) is 10.8 Å². The number of Topliss-reactive ketones (excluding diaryl/α,β-unsaturated/α-hetero) is 2. The summed E-state index contributed by atoms with van der Waals surface area (Å²) in [5.74, 6) is -0.940. The molecule has 0 amide bonds. The van der Waals surface area contributed by atoms with Crippen LogP contribution in [0, 0.1) is 16.0 Å². The van der Waals surface area contributed by atoms with Gasteiger partial charge in [0.15, 0.2) is 17.7 Å². The number of ether oxygens (including phenoxy) is 4. The van der Waals surface area contributed by atoms with E-state index in [1.165, 1.54) is 38.5 Å². The molecular formula is C28H23NO9. The molecule has 0 saturated carbocycles. The summed E-state index contributed by atoms with van der Waals surface area (Å²) in [5, 5.41) is 12.1. The third-order valence-electron chi connectivity index (χ3n) is 6.87. The number of ketones is 2. The van der Waals surface area contributed by atoms with E-state index in [0.29, 0.717) is 27.8 Å². The van der Waals surface area contributed by atoms with Gasteiger partial charge in [0.1, 0.15) is 23.9 Å². The Morgan fingerprint density at radius 1 is 1.00 bits per heavy atom. The standard InChI is InChI=1S/C28H23NO9/c1-14-25-21(12-24(38-14)28(32)37-13-15-4-6-16(7-5-15)29(33)34)26(30)19-10-17-18(11-20(19)27(25)31)23(36-3)9-8-22(17)35-2/h4-11,21,24H,12-13H2,1-3H3/t21-,24-/m1/s1. The Bertz CT molecular complexity index is 1540. The van der Waals surface area contributed by atoms with E-state index >= 15 is 0 Å². The number of nitrogens with zero attached hydrogens (tertiary/aromatic N) is 1. The zero-order chi connectivity index (χ0) is 27.1. The number of carbonyl (C=O) groups excluding carboxylic acids is 3. The topological polar surface area (TPSA) is 131 Å². The molecule has 2 atom stereocenters. The number of benzene rings is 3. The molecule has 38 heavy (non-hydrogen) atoms. The second-order valence-corrected chi connectivity index (χ2v) is 9.00. The number of rotatable bonds is 6. The summed E-state index contributed by atoms with van der Waals surface area (Å²) in [6.45, 7) is 1.43. The van der Waals surface area contributed by atoms with E-state index in [0.717, 1.165) is 0 Å². The molecule has 1 aliphatic heterocycles. The smallest absolute Gasteiger partial charge is 0.347 e. The Hall–Kier alpha value is -4.73. The van der Waals surface area contributed by atoms with Gasteiger partial charge in [-0.1, -0.05) is 0 Å². The van der Waals surface area contributed by atoms with Crippen molar-refractivity contribution in [2.75, 3.05) is 14.2 Å². The van der Waals surface area contributed by atoms with Crippen LogP contribution in [0.15, 0.2) is 59.9 Å². The molecule has 0 N–H and O–H groups in total. The molecular weight excluding hydrogens is 494 g/mol. The van der Waals surface area contributed by atoms with Crippen molar-refractivity contribution in [2.45, 2.75) is 26.1 Å². The first kappa shape index (κ1) is 24.9. The maximum absolute atomic E-state index is 13.7. The normalized spacial score (nSPS) is 18.4. The molecule has 0 unspecified atom stereocenters. The van der Waals surface area contributed by atoms with Crippen molar-refractivity contribution in [3.05, 3.63) is 86.7 Å². The monoisotopic (exact) mass is 517 g/mol. The molecule has 3 aromatic carbocycles. The Kier molecular flexibility index (Phi) is 6.31. The average Bonchev–Trinajstić information content (AvgIpc) is 2.92. The Morgan fingerprint density at radius 2 is 1.61 bits per heavy atom. The first-order chi connectivity index (χ1) is 18.2. The molecule has 10 heteroatoms. The predicted octanol–water partition coefficient (Wildman–Crippen LogP) is 4.57. The van der Waals surface area contributed by atoms with E-state index in [2.05, 4.69) is 0 Å². The number of hydrogen-bond acceptors (Lipinski definition) is 9. The minimum absolute atomic E-state index is 0.0525. The van der Waals surface area contributed by atoms with E-state index in [4.69, 9.17) is 18.9 Å². The second-order valence-electron chi connectivity index (χ2n) is 9.00. The van der Waals surface area contributed by atoms with E-state index in [-0.39, 0.29) is 52.7 Å².